The van der Waals surface area contributed by atoms with E-state index in [1.54, 1.807) is 23.2 Å². The Bertz CT molecular complexity index is 1890. The van der Waals surface area contributed by atoms with Crippen molar-refractivity contribution in [1.82, 2.24) is 23.8 Å². The number of morpholine rings is 1. The molecule has 0 bridgehead atoms. The van der Waals surface area contributed by atoms with Gasteiger partial charge in [-0.25, -0.2) is 27.2 Å². The van der Waals surface area contributed by atoms with Gasteiger partial charge in [-0.3, -0.25) is 13.9 Å². The van der Waals surface area contributed by atoms with Crippen molar-refractivity contribution in [2.24, 2.45) is 0 Å². The number of hydrogen-bond acceptors (Lipinski definition) is 9. The summed E-state index contributed by atoms with van der Waals surface area (Å²) in [5, 5.41) is 0.438. The molecule has 246 valence electrons. The number of imidazole rings is 1. The first-order valence-electron chi connectivity index (χ1n) is 15.5. The molecule has 4 aromatic rings. The molecule has 3 aromatic heterocycles. The molecule has 15 heteroatoms. The molecule has 0 radical (unpaired) electrons. The monoisotopic (exact) mass is 672 g/mol. The van der Waals surface area contributed by atoms with Crippen LogP contribution < -0.4 is 14.6 Å². The predicted molar refractivity (Wildman–Crippen MR) is 173 cm³/mol. The fourth-order valence-corrected chi connectivity index (χ4v) is 8.33. The van der Waals surface area contributed by atoms with Crippen molar-refractivity contribution >= 4 is 38.9 Å². The summed E-state index contributed by atoms with van der Waals surface area (Å²) in [5.74, 6) is -0.377. The van der Waals surface area contributed by atoms with Gasteiger partial charge in [0.1, 0.15) is 23.2 Å². The van der Waals surface area contributed by atoms with Gasteiger partial charge in [-0.05, 0) is 44.4 Å². The van der Waals surface area contributed by atoms with Crippen molar-refractivity contribution < 1.29 is 27.1 Å². The van der Waals surface area contributed by atoms with Crippen molar-refractivity contribution in [3.63, 3.8) is 0 Å². The van der Waals surface area contributed by atoms with Gasteiger partial charge in [0.05, 0.1) is 30.8 Å². The summed E-state index contributed by atoms with van der Waals surface area (Å²) in [6, 6.07) is 6.22. The number of benzene rings is 1. The van der Waals surface area contributed by atoms with Crippen LogP contribution in [0.2, 0.25) is 0 Å². The molecule has 0 saturated carbocycles. The average Bonchev–Trinajstić information content (AvgIpc) is 3.71. The van der Waals surface area contributed by atoms with Gasteiger partial charge in [0.2, 0.25) is 27.5 Å². The van der Waals surface area contributed by atoms with Crippen molar-refractivity contribution in [2.75, 3.05) is 36.3 Å². The number of unbranched alkanes of at least 4 members (excludes halogenated alkanes) is 1. The highest BCUT2D eigenvalue weighted by atomic mass is 32.2. The van der Waals surface area contributed by atoms with Crippen LogP contribution in [0.5, 0.6) is 5.75 Å². The summed E-state index contributed by atoms with van der Waals surface area (Å²) < 4.78 is 55.4. The van der Waals surface area contributed by atoms with Crippen molar-refractivity contribution in [3.05, 3.63) is 63.3 Å². The summed E-state index contributed by atoms with van der Waals surface area (Å²) in [5.41, 5.74) is 0.533. The van der Waals surface area contributed by atoms with Crippen LogP contribution in [-0.2, 0) is 32.5 Å². The molecule has 6 rings (SSSR count). The number of thiazole rings is 1. The molecule has 2 aliphatic heterocycles. The van der Waals surface area contributed by atoms with Gasteiger partial charge in [-0.15, -0.1) is 11.3 Å². The predicted octanol–water partition coefficient (Wildman–Crippen LogP) is 3.70. The highest BCUT2D eigenvalue weighted by molar-refractivity contribution is 7.93. The smallest absolute Gasteiger partial charge is 0.303 e. The normalized spacial score (nSPS) is 19.7. The minimum atomic E-state index is -3.68. The summed E-state index contributed by atoms with van der Waals surface area (Å²) in [6.07, 6.45) is 5.37. The Balaban J connectivity index is 1.47. The van der Waals surface area contributed by atoms with Crippen LogP contribution in [0.15, 0.2) is 41.5 Å². The largest absolute Gasteiger partial charge is 0.486 e. The molecule has 2 aliphatic rings. The zero-order chi connectivity index (χ0) is 32.6. The van der Waals surface area contributed by atoms with Crippen molar-refractivity contribution in [1.29, 1.82) is 0 Å². The maximum atomic E-state index is 14.3. The lowest BCUT2D eigenvalue weighted by molar-refractivity contribution is -0.143. The number of ether oxygens (including phenoxy) is 2. The van der Waals surface area contributed by atoms with E-state index in [1.165, 1.54) is 42.9 Å². The number of sulfonamides is 1. The van der Waals surface area contributed by atoms with E-state index in [0.717, 1.165) is 16.9 Å². The van der Waals surface area contributed by atoms with E-state index < -0.39 is 15.6 Å². The van der Waals surface area contributed by atoms with Crippen molar-refractivity contribution in [2.45, 2.75) is 65.2 Å². The average molecular weight is 673 g/mol. The fourth-order valence-electron chi connectivity index (χ4n) is 5.86. The molecule has 0 aliphatic carbocycles. The van der Waals surface area contributed by atoms with Crippen molar-refractivity contribution in [3.8, 4) is 16.5 Å². The number of aromatic nitrogens is 4. The third-order valence-electron chi connectivity index (χ3n) is 8.01. The SMILES string of the molecule is CCCCOc1c(-c2ncc(Cc3ccc(F)cc3)s2)nc2n(CC(=O)N3C[C@H](C)O[C@@H](C)C3)cc(N3CCCS3(=O)=O)n2c1=O. The van der Waals surface area contributed by atoms with Crippen LogP contribution in [0.3, 0.4) is 0 Å². The molecule has 0 spiro atoms. The Morgan fingerprint density at radius 3 is 2.59 bits per heavy atom. The lowest BCUT2D eigenvalue weighted by atomic mass is 10.1. The first kappa shape index (κ1) is 32.1. The topological polar surface area (TPSA) is 128 Å². The molecule has 0 unspecified atom stereocenters. The Kier molecular flexibility index (Phi) is 9.17. The van der Waals surface area contributed by atoms with E-state index in [0.29, 0.717) is 37.4 Å². The summed E-state index contributed by atoms with van der Waals surface area (Å²) >= 11 is 1.33. The second-order valence-electron chi connectivity index (χ2n) is 11.8. The fraction of sp³-hybridized carbons (Fsp3) is 0.484. The van der Waals surface area contributed by atoms with Crippen LogP contribution >= 0.6 is 11.3 Å². The number of fused-ring (bicyclic) bond motifs is 1. The van der Waals surface area contributed by atoms with Gasteiger partial charge in [0, 0.05) is 37.1 Å². The van der Waals surface area contributed by atoms with Gasteiger partial charge in [0.15, 0.2) is 5.69 Å². The number of carbonyl (C=O) groups excluding carboxylic acids is 1. The lowest BCUT2D eigenvalue weighted by Crippen LogP contribution is -2.49. The van der Waals surface area contributed by atoms with E-state index in [1.807, 2.05) is 20.8 Å². The third kappa shape index (κ3) is 6.53. The lowest BCUT2D eigenvalue weighted by Gasteiger charge is -2.35. The second kappa shape index (κ2) is 13.1. The van der Waals surface area contributed by atoms with Crippen LogP contribution in [0, 0.1) is 5.82 Å². The van der Waals surface area contributed by atoms with Gasteiger partial charge >= 0.3 is 5.56 Å². The van der Waals surface area contributed by atoms with E-state index in [2.05, 4.69) is 4.98 Å². The summed E-state index contributed by atoms with van der Waals surface area (Å²) in [6.45, 7) is 6.94. The number of halogens is 1. The molecule has 0 N–H and O–H groups in total. The maximum absolute atomic E-state index is 14.3. The van der Waals surface area contributed by atoms with Crippen LogP contribution in [0.1, 0.15) is 50.5 Å². The van der Waals surface area contributed by atoms with Gasteiger partial charge in [0.25, 0.3) is 0 Å². The Labute approximate surface area is 270 Å². The van der Waals surface area contributed by atoms with Crippen LogP contribution in [-0.4, -0.2) is 82.4 Å². The molecular formula is C31H37FN6O6S2. The summed E-state index contributed by atoms with van der Waals surface area (Å²) in [4.78, 5) is 39.9. The first-order valence-corrected chi connectivity index (χ1v) is 17.9. The number of nitrogens with zero attached hydrogens (tertiary/aromatic N) is 6. The van der Waals surface area contributed by atoms with E-state index in [4.69, 9.17) is 14.5 Å². The Morgan fingerprint density at radius 2 is 1.91 bits per heavy atom. The molecule has 1 amide bonds. The zero-order valence-electron chi connectivity index (χ0n) is 26.0. The van der Waals surface area contributed by atoms with Crippen LogP contribution in [0.4, 0.5) is 10.2 Å². The zero-order valence-corrected chi connectivity index (χ0v) is 27.7. The number of hydrogen-bond donors (Lipinski definition) is 0. The minimum absolute atomic E-state index is 0.0358. The molecule has 2 saturated heterocycles. The number of amides is 1. The molecule has 2 fully saturated rings. The first-order chi connectivity index (χ1) is 22.0. The van der Waals surface area contributed by atoms with E-state index in [-0.39, 0.29) is 72.4 Å². The van der Waals surface area contributed by atoms with E-state index >= 15 is 0 Å². The second-order valence-corrected chi connectivity index (χ2v) is 14.9. The van der Waals surface area contributed by atoms with Gasteiger partial charge in [-0.1, -0.05) is 25.5 Å². The molecule has 1 aromatic carbocycles. The third-order valence-corrected chi connectivity index (χ3v) is 10.9. The molecule has 5 heterocycles. The highest BCUT2D eigenvalue weighted by Gasteiger charge is 2.34. The van der Waals surface area contributed by atoms with Crippen LogP contribution in [0.25, 0.3) is 16.5 Å². The molecule has 12 nitrogen and oxygen atoms in total. The highest BCUT2D eigenvalue weighted by Crippen LogP contribution is 2.33. The van der Waals surface area contributed by atoms with Gasteiger partial charge < -0.3 is 18.9 Å². The number of anilines is 1. The Hall–Kier alpha value is -3.82. The molecular weight excluding hydrogens is 636 g/mol. The van der Waals surface area contributed by atoms with Gasteiger partial charge in [-0.2, -0.15) is 0 Å². The number of carbonyl (C=O) groups is 1. The summed E-state index contributed by atoms with van der Waals surface area (Å²) in [7, 11) is -3.68. The standard InChI is InChI=1S/C31H37FN6O6S2/c1-4-5-12-43-28-27(29-33-15-24(45-29)14-22-7-9-23(32)10-8-22)34-31-36(19-26(39)35-16-20(2)44-21(3)17-35)18-25(38(31)30(28)40)37-11-6-13-46(37,41)42/h7-10,15,18,20-21H,4-6,11-14,16-17,19H2,1-3H3/t20-,21-/m0/s1. The Morgan fingerprint density at radius 1 is 1.17 bits per heavy atom. The maximum Gasteiger partial charge on any atom is 0.303 e. The quantitative estimate of drug-likeness (QED) is 0.234. The molecule has 2 atom stereocenters. The minimum Gasteiger partial charge on any atom is -0.486 e. The molecule has 46 heavy (non-hydrogen) atoms. The number of rotatable bonds is 10. The van der Waals surface area contributed by atoms with E-state index in [9.17, 15) is 22.4 Å².